The second-order valence-corrected chi connectivity index (χ2v) is 9.29. The van der Waals surface area contributed by atoms with E-state index in [0.29, 0.717) is 55.4 Å². The van der Waals surface area contributed by atoms with E-state index in [0.717, 1.165) is 11.1 Å². The monoisotopic (exact) mass is 495 g/mol. The Labute approximate surface area is 209 Å². The van der Waals surface area contributed by atoms with Crippen LogP contribution >= 0.6 is 11.6 Å². The third-order valence-electron chi connectivity index (χ3n) is 6.54. The molecule has 4 rings (SSSR count). The van der Waals surface area contributed by atoms with Gasteiger partial charge in [-0.3, -0.25) is 19.5 Å². The highest BCUT2D eigenvalue weighted by Crippen LogP contribution is 2.36. The number of nitrogens with zero attached hydrogens (tertiary/aromatic N) is 3. The Hall–Kier alpha value is -3.16. The smallest absolute Gasteiger partial charge is 0.309 e. The summed E-state index contributed by atoms with van der Waals surface area (Å²) in [5, 5.41) is 11.6. The molecule has 8 heteroatoms. The van der Waals surface area contributed by atoms with Crippen LogP contribution in [0.3, 0.4) is 0 Å². The topological polar surface area (TPSA) is 84.7 Å². The van der Waals surface area contributed by atoms with Gasteiger partial charge in [0, 0.05) is 23.1 Å². The second kappa shape index (κ2) is 11.1. The highest BCUT2D eigenvalue weighted by Gasteiger charge is 2.34. The molecule has 3 heterocycles. The number of carbonyl (C=O) groups is 1. The van der Waals surface area contributed by atoms with Gasteiger partial charge in [-0.05, 0) is 75.2 Å². The minimum atomic E-state index is -0.509. The fourth-order valence-electron chi connectivity index (χ4n) is 4.79. The van der Waals surface area contributed by atoms with Gasteiger partial charge in [0.15, 0.2) is 0 Å². The van der Waals surface area contributed by atoms with Gasteiger partial charge in [0.25, 0.3) is 5.56 Å². The lowest BCUT2D eigenvalue weighted by Crippen LogP contribution is -2.42. The summed E-state index contributed by atoms with van der Waals surface area (Å²) < 4.78 is 6.87. The Kier molecular flexibility index (Phi) is 7.88. The summed E-state index contributed by atoms with van der Waals surface area (Å²) in [5.41, 5.74) is 2.41. The number of ether oxygens (including phenoxy) is 1. The highest BCUT2D eigenvalue weighted by atomic mass is 35.5. The number of halogens is 1. The van der Waals surface area contributed by atoms with Crippen molar-refractivity contribution < 1.29 is 14.6 Å². The number of hydrogen-bond donors (Lipinski definition) is 1. The first kappa shape index (κ1) is 24.9. The van der Waals surface area contributed by atoms with E-state index in [-0.39, 0.29) is 23.2 Å². The second-order valence-electron chi connectivity index (χ2n) is 8.86. The molecule has 0 spiro atoms. The number of pyridine rings is 2. The van der Waals surface area contributed by atoms with Crippen LogP contribution in [0, 0.1) is 12.8 Å². The zero-order chi connectivity index (χ0) is 24.9. The average molecular weight is 496 g/mol. The van der Waals surface area contributed by atoms with Crippen LogP contribution in [-0.2, 0) is 16.1 Å². The normalized spacial score (nSPS) is 15.6. The van der Waals surface area contributed by atoms with E-state index in [4.69, 9.17) is 16.3 Å². The predicted molar refractivity (Wildman–Crippen MR) is 135 cm³/mol. The molecule has 1 N–H and O–H groups in total. The van der Waals surface area contributed by atoms with Crippen molar-refractivity contribution in [2.75, 3.05) is 19.7 Å². The minimum absolute atomic E-state index is 0.0487. The molecule has 1 aliphatic rings. The lowest BCUT2D eigenvalue weighted by molar-refractivity contribution is -0.149. The largest absolute Gasteiger partial charge is 0.507 e. The Morgan fingerprint density at radius 2 is 2.00 bits per heavy atom. The maximum absolute atomic E-state index is 13.9. The molecule has 1 aliphatic heterocycles. The fourth-order valence-corrected chi connectivity index (χ4v) is 4.99. The van der Waals surface area contributed by atoms with E-state index < -0.39 is 6.04 Å². The van der Waals surface area contributed by atoms with Gasteiger partial charge in [0.2, 0.25) is 0 Å². The summed E-state index contributed by atoms with van der Waals surface area (Å²) in [6, 6.07) is 12.2. The molecule has 1 saturated heterocycles. The molecule has 1 unspecified atom stereocenters. The van der Waals surface area contributed by atoms with Crippen molar-refractivity contribution >= 4 is 17.6 Å². The van der Waals surface area contributed by atoms with Crippen molar-refractivity contribution in [2.24, 2.45) is 5.92 Å². The third kappa shape index (κ3) is 5.57. The molecule has 1 fully saturated rings. The summed E-state index contributed by atoms with van der Waals surface area (Å²) in [6.07, 6.45) is 4.66. The lowest BCUT2D eigenvalue weighted by atomic mass is 9.91. The van der Waals surface area contributed by atoms with E-state index >= 15 is 0 Å². The van der Waals surface area contributed by atoms with Gasteiger partial charge in [0.05, 0.1) is 30.7 Å². The molecule has 7 nitrogen and oxygen atoms in total. The molecular formula is C27H30ClN3O4. The number of aromatic nitrogens is 2. The number of esters is 1. The Morgan fingerprint density at radius 3 is 2.66 bits per heavy atom. The molecule has 0 radical (unpaired) electrons. The number of piperidine rings is 1. The summed E-state index contributed by atoms with van der Waals surface area (Å²) >= 11 is 6.33. The van der Waals surface area contributed by atoms with E-state index in [1.807, 2.05) is 30.3 Å². The van der Waals surface area contributed by atoms with Crippen molar-refractivity contribution in [3.63, 3.8) is 0 Å². The van der Waals surface area contributed by atoms with Crippen molar-refractivity contribution in [1.29, 1.82) is 0 Å². The first-order valence-electron chi connectivity index (χ1n) is 11.9. The van der Waals surface area contributed by atoms with E-state index in [1.165, 1.54) is 0 Å². The van der Waals surface area contributed by atoms with Gasteiger partial charge in [0.1, 0.15) is 5.75 Å². The average Bonchev–Trinajstić information content (AvgIpc) is 2.85. The molecule has 0 aliphatic carbocycles. The molecule has 35 heavy (non-hydrogen) atoms. The Balaban J connectivity index is 1.75. The van der Waals surface area contributed by atoms with Crippen LogP contribution in [0.15, 0.2) is 59.7 Å². The number of rotatable bonds is 7. The van der Waals surface area contributed by atoms with Crippen LogP contribution in [0.5, 0.6) is 5.75 Å². The van der Waals surface area contributed by atoms with Crippen LogP contribution in [-0.4, -0.2) is 45.2 Å². The van der Waals surface area contributed by atoms with Crippen LogP contribution in [0.2, 0.25) is 5.02 Å². The molecule has 3 aromatic rings. The summed E-state index contributed by atoms with van der Waals surface area (Å²) in [5.74, 6) is -0.393. The highest BCUT2D eigenvalue weighted by molar-refractivity contribution is 6.30. The van der Waals surface area contributed by atoms with Crippen LogP contribution in [0.25, 0.3) is 0 Å². The van der Waals surface area contributed by atoms with Crippen LogP contribution in [0.1, 0.15) is 48.2 Å². The maximum atomic E-state index is 13.9. The van der Waals surface area contributed by atoms with Gasteiger partial charge in [-0.25, -0.2) is 0 Å². The molecule has 0 amide bonds. The molecule has 0 bridgehead atoms. The van der Waals surface area contributed by atoms with E-state index in [1.54, 1.807) is 42.9 Å². The first-order chi connectivity index (χ1) is 16.9. The Bertz CT molecular complexity index is 1240. The molecular weight excluding hydrogens is 466 g/mol. The van der Waals surface area contributed by atoms with Crippen LogP contribution in [0.4, 0.5) is 0 Å². The number of carbonyl (C=O) groups excluding carboxylic acids is 1. The molecule has 0 saturated carbocycles. The van der Waals surface area contributed by atoms with Crippen molar-refractivity contribution in [3.05, 3.63) is 92.6 Å². The molecule has 2 aromatic heterocycles. The maximum Gasteiger partial charge on any atom is 0.309 e. The zero-order valence-electron chi connectivity index (χ0n) is 20.0. The van der Waals surface area contributed by atoms with Crippen LogP contribution < -0.4 is 5.56 Å². The zero-order valence-corrected chi connectivity index (χ0v) is 20.7. The number of benzene rings is 1. The SMILES string of the molecule is CCOC(=O)C1CCN(C(c2cccc(Cl)c2)c2c(O)cc(C)n(Cc3cccnc3)c2=O)CC1. The van der Waals surface area contributed by atoms with Gasteiger partial charge in [-0.2, -0.15) is 0 Å². The van der Waals surface area contributed by atoms with Gasteiger partial charge in [-0.15, -0.1) is 0 Å². The first-order valence-corrected chi connectivity index (χ1v) is 12.2. The number of hydrogen-bond acceptors (Lipinski definition) is 6. The van der Waals surface area contributed by atoms with E-state index in [2.05, 4.69) is 9.88 Å². The number of likely N-dealkylation sites (tertiary alicyclic amines) is 1. The van der Waals surface area contributed by atoms with Gasteiger partial charge >= 0.3 is 5.97 Å². The lowest BCUT2D eigenvalue weighted by Gasteiger charge is -2.37. The predicted octanol–water partition coefficient (Wildman–Crippen LogP) is 4.32. The standard InChI is InChI=1S/C27H30ClN3O4/c1-3-35-27(34)20-9-12-30(13-10-20)25(21-7-4-8-22(28)15-21)24-23(32)14-18(2)31(26(24)33)17-19-6-5-11-29-16-19/h4-8,11,14-16,20,25,32H,3,9-10,12-13,17H2,1-2H3. The molecule has 184 valence electrons. The van der Waals surface area contributed by atoms with Crippen molar-refractivity contribution in [2.45, 2.75) is 39.3 Å². The summed E-state index contributed by atoms with van der Waals surface area (Å²) in [7, 11) is 0. The Morgan fingerprint density at radius 1 is 1.23 bits per heavy atom. The van der Waals surface area contributed by atoms with E-state index in [9.17, 15) is 14.7 Å². The fraction of sp³-hybridized carbons (Fsp3) is 0.370. The van der Waals surface area contributed by atoms with Crippen molar-refractivity contribution in [3.8, 4) is 5.75 Å². The third-order valence-corrected chi connectivity index (χ3v) is 6.77. The minimum Gasteiger partial charge on any atom is -0.507 e. The molecule has 1 aromatic carbocycles. The van der Waals surface area contributed by atoms with Crippen molar-refractivity contribution in [1.82, 2.24) is 14.5 Å². The number of aryl methyl sites for hydroxylation is 1. The quantitative estimate of drug-likeness (QED) is 0.491. The summed E-state index contributed by atoms with van der Waals surface area (Å²) in [6.45, 7) is 5.47. The summed E-state index contributed by atoms with van der Waals surface area (Å²) in [4.78, 5) is 32.4. The molecule has 1 atom stereocenters. The van der Waals surface area contributed by atoms with Gasteiger partial charge in [-0.1, -0.05) is 29.8 Å². The number of aromatic hydroxyl groups is 1. The van der Waals surface area contributed by atoms with Gasteiger partial charge < -0.3 is 14.4 Å².